The summed E-state index contributed by atoms with van der Waals surface area (Å²) < 4.78 is 68.4. The molecule has 0 aromatic heterocycles. The van der Waals surface area contributed by atoms with Gasteiger partial charge in [0.25, 0.3) is 0 Å². The van der Waals surface area contributed by atoms with Crippen molar-refractivity contribution in [1.82, 2.24) is 0 Å². The third-order valence-electron chi connectivity index (χ3n) is 17.5. The molecule has 0 heterocycles. The summed E-state index contributed by atoms with van der Waals surface area (Å²) in [5.74, 6) is 0.927. The minimum atomic E-state index is -4.96. The second kappa shape index (κ2) is 62.6. The highest BCUT2D eigenvalue weighted by atomic mass is 31.2. The Bertz CT molecular complexity index is 1820. The quantitative estimate of drug-likeness (QED) is 0.0222. The van der Waals surface area contributed by atoms with Crippen molar-refractivity contribution in [1.29, 1.82) is 0 Å². The van der Waals surface area contributed by atoms with E-state index in [0.29, 0.717) is 31.6 Å². The number of carbonyl (C=O) groups is 4. The first-order valence-electron chi connectivity index (χ1n) is 37.8. The molecule has 92 heavy (non-hydrogen) atoms. The maximum Gasteiger partial charge on any atom is 0.472 e. The fraction of sp³-hybridized carbons (Fsp3) is 0.945. The number of aliphatic hydroxyl groups excluding tert-OH is 1. The molecule has 0 radical (unpaired) electrons. The molecular formula is C73H142O17P2. The molecule has 0 amide bonds. The minimum absolute atomic E-state index is 0.104. The van der Waals surface area contributed by atoms with Gasteiger partial charge in [0.05, 0.1) is 26.4 Å². The van der Waals surface area contributed by atoms with Crippen LogP contribution in [0.4, 0.5) is 0 Å². The largest absolute Gasteiger partial charge is 0.472 e. The summed E-state index contributed by atoms with van der Waals surface area (Å²) >= 11 is 0. The highest BCUT2D eigenvalue weighted by molar-refractivity contribution is 7.47. The Hall–Kier alpha value is -1.94. The normalized spacial score (nSPS) is 14.8. The Morgan fingerprint density at radius 2 is 0.522 bits per heavy atom. The third kappa shape index (κ3) is 64.1. The number of esters is 4. The van der Waals surface area contributed by atoms with Crippen molar-refractivity contribution >= 4 is 39.5 Å². The van der Waals surface area contributed by atoms with Gasteiger partial charge in [-0.1, -0.05) is 312 Å². The van der Waals surface area contributed by atoms with Crippen molar-refractivity contribution in [2.24, 2.45) is 23.7 Å². The lowest BCUT2D eigenvalue weighted by atomic mass is 9.99. The van der Waals surface area contributed by atoms with E-state index in [4.69, 9.17) is 37.0 Å². The van der Waals surface area contributed by atoms with Gasteiger partial charge in [-0.2, -0.15) is 0 Å². The monoisotopic (exact) mass is 1350 g/mol. The van der Waals surface area contributed by atoms with E-state index >= 15 is 0 Å². The van der Waals surface area contributed by atoms with Gasteiger partial charge in [0.2, 0.25) is 0 Å². The lowest BCUT2D eigenvalue weighted by Crippen LogP contribution is -2.30. The smallest absolute Gasteiger partial charge is 0.462 e. The van der Waals surface area contributed by atoms with E-state index in [0.717, 1.165) is 114 Å². The summed E-state index contributed by atoms with van der Waals surface area (Å²) in [7, 11) is -9.91. The second-order valence-corrected chi connectivity index (χ2v) is 30.7. The Labute approximate surface area is 562 Å². The van der Waals surface area contributed by atoms with E-state index in [-0.39, 0.29) is 25.7 Å². The lowest BCUT2D eigenvalue weighted by molar-refractivity contribution is -0.161. The highest BCUT2D eigenvalue weighted by Gasteiger charge is 2.30. The molecule has 0 aromatic rings. The van der Waals surface area contributed by atoms with Crippen LogP contribution in [-0.2, 0) is 65.4 Å². The van der Waals surface area contributed by atoms with Crippen LogP contribution in [0.2, 0.25) is 0 Å². The first kappa shape index (κ1) is 90.1. The summed E-state index contributed by atoms with van der Waals surface area (Å²) in [4.78, 5) is 72.7. The van der Waals surface area contributed by atoms with Gasteiger partial charge in [-0.3, -0.25) is 37.3 Å². The molecule has 3 N–H and O–H groups in total. The number of rotatable bonds is 70. The van der Waals surface area contributed by atoms with Crippen molar-refractivity contribution in [3.8, 4) is 0 Å². The molecule has 546 valence electrons. The number of phosphoric acid groups is 2. The molecular weight excluding hydrogens is 1210 g/mol. The Kier molecular flexibility index (Phi) is 61.3. The van der Waals surface area contributed by atoms with Gasteiger partial charge in [-0.25, -0.2) is 9.13 Å². The van der Waals surface area contributed by atoms with Crippen molar-refractivity contribution in [2.45, 2.75) is 382 Å². The topological polar surface area (TPSA) is 237 Å². The van der Waals surface area contributed by atoms with Crippen molar-refractivity contribution in [3.05, 3.63) is 0 Å². The Morgan fingerprint density at radius 3 is 0.772 bits per heavy atom. The Morgan fingerprint density at radius 1 is 0.304 bits per heavy atom. The van der Waals surface area contributed by atoms with Gasteiger partial charge >= 0.3 is 39.5 Å². The van der Waals surface area contributed by atoms with Crippen molar-refractivity contribution in [3.63, 3.8) is 0 Å². The molecule has 0 rings (SSSR count). The molecule has 0 aliphatic heterocycles. The zero-order chi connectivity index (χ0) is 68.2. The molecule has 0 bridgehead atoms. The second-order valence-electron chi connectivity index (χ2n) is 27.8. The fourth-order valence-corrected chi connectivity index (χ4v) is 12.5. The summed E-state index contributed by atoms with van der Waals surface area (Å²) in [6, 6.07) is 0. The van der Waals surface area contributed by atoms with Crippen LogP contribution in [-0.4, -0.2) is 96.7 Å². The number of ether oxygens (including phenoxy) is 4. The molecule has 0 aliphatic carbocycles. The molecule has 19 heteroatoms. The number of phosphoric ester groups is 2. The zero-order valence-electron chi connectivity index (χ0n) is 60.2. The summed E-state index contributed by atoms with van der Waals surface area (Å²) in [5, 5.41) is 10.6. The molecule has 0 saturated heterocycles. The molecule has 7 atom stereocenters. The van der Waals surface area contributed by atoms with Crippen LogP contribution in [0, 0.1) is 23.7 Å². The van der Waals surface area contributed by atoms with E-state index in [2.05, 4.69) is 55.4 Å². The van der Waals surface area contributed by atoms with E-state index in [1.807, 2.05) is 0 Å². The molecule has 5 unspecified atom stereocenters. The number of hydrogen-bond acceptors (Lipinski definition) is 15. The van der Waals surface area contributed by atoms with E-state index in [9.17, 15) is 43.2 Å². The number of unbranched alkanes of at least 4 members (excludes halogenated alkanes) is 34. The summed E-state index contributed by atoms with van der Waals surface area (Å²) in [6.45, 7) is 14.1. The van der Waals surface area contributed by atoms with Gasteiger partial charge in [0.1, 0.15) is 19.3 Å². The van der Waals surface area contributed by atoms with E-state index < -0.39 is 97.5 Å². The fourth-order valence-electron chi connectivity index (χ4n) is 11.0. The SMILES string of the molecule is CCC(C)CCCCCCCCCCC(=O)OC[C@H](COP(=O)(O)OCC(O)COP(=O)(O)OC[C@@H](COC(=O)CCCCCCCCCC(C)C)OC(=O)CCCCCCCCCCC(C)CC)OC(=O)CCCCCCCCCCCCCCCCCC(C)C. The van der Waals surface area contributed by atoms with Gasteiger partial charge in [0, 0.05) is 25.7 Å². The molecule has 0 spiro atoms. The van der Waals surface area contributed by atoms with Gasteiger partial charge in [-0.15, -0.1) is 0 Å². The van der Waals surface area contributed by atoms with Crippen LogP contribution < -0.4 is 0 Å². The van der Waals surface area contributed by atoms with Crippen molar-refractivity contribution in [2.75, 3.05) is 39.6 Å². The molecule has 0 fully saturated rings. The first-order valence-corrected chi connectivity index (χ1v) is 40.8. The minimum Gasteiger partial charge on any atom is -0.462 e. The molecule has 17 nitrogen and oxygen atoms in total. The standard InChI is InChI=1S/C73H142O17P2/c1-9-65(7)51-43-35-27-20-22-29-37-45-53-70(75)83-59-68(89-72(77)55-47-39-30-19-17-15-13-11-12-14-16-18-25-33-41-49-63(3)4)61-87-91(79,80)85-57-67(74)58-86-92(81,82)88-62-69(60-84-71(76)54-46-38-32-24-26-34-42-50-64(5)6)90-73(78)56-48-40-31-23-21-28-36-44-52-66(8)10-2/h63-69,74H,9-62H2,1-8H3,(H,79,80)(H,81,82)/t65?,66?,67?,68-,69-/m1/s1. The highest BCUT2D eigenvalue weighted by Crippen LogP contribution is 2.45. The predicted octanol–water partition coefficient (Wildman–Crippen LogP) is 20.9. The zero-order valence-corrected chi connectivity index (χ0v) is 62.0. The average molecular weight is 1350 g/mol. The van der Waals surface area contributed by atoms with Crippen LogP contribution in [0.3, 0.4) is 0 Å². The Balaban J connectivity index is 5.25. The number of aliphatic hydroxyl groups is 1. The average Bonchev–Trinajstić information content (AvgIpc) is 1.80. The molecule has 0 aliphatic rings. The molecule has 0 saturated carbocycles. The summed E-state index contributed by atoms with van der Waals surface area (Å²) in [6.07, 6.45) is 45.8. The number of hydrogen-bond donors (Lipinski definition) is 3. The number of carbonyl (C=O) groups excluding carboxylic acids is 4. The lowest BCUT2D eigenvalue weighted by Gasteiger charge is -2.21. The predicted molar refractivity (Wildman–Crippen MR) is 372 cm³/mol. The van der Waals surface area contributed by atoms with Crippen LogP contribution >= 0.6 is 15.6 Å². The van der Waals surface area contributed by atoms with E-state index in [1.54, 1.807) is 0 Å². The van der Waals surface area contributed by atoms with Crippen molar-refractivity contribution < 1.29 is 80.2 Å². The van der Waals surface area contributed by atoms with Crippen LogP contribution in [0.15, 0.2) is 0 Å². The van der Waals surface area contributed by atoms with Gasteiger partial charge in [-0.05, 0) is 49.4 Å². The molecule has 0 aromatic carbocycles. The van der Waals surface area contributed by atoms with Gasteiger partial charge < -0.3 is 33.8 Å². The first-order chi connectivity index (χ1) is 44.2. The van der Waals surface area contributed by atoms with E-state index in [1.165, 1.54) is 161 Å². The maximum absolute atomic E-state index is 13.1. The van der Waals surface area contributed by atoms with Gasteiger partial charge in [0.15, 0.2) is 12.2 Å². The third-order valence-corrected chi connectivity index (χ3v) is 19.4. The maximum atomic E-state index is 13.1. The van der Waals surface area contributed by atoms with Crippen LogP contribution in [0.25, 0.3) is 0 Å². The van der Waals surface area contributed by atoms with Crippen LogP contribution in [0.1, 0.15) is 364 Å². The summed E-state index contributed by atoms with van der Waals surface area (Å²) in [5.41, 5.74) is 0. The van der Waals surface area contributed by atoms with Crippen LogP contribution in [0.5, 0.6) is 0 Å².